The summed E-state index contributed by atoms with van der Waals surface area (Å²) in [5.74, 6) is 0. The molecule has 1 aromatic rings. The van der Waals surface area contributed by atoms with Crippen LogP contribution in [0.5, 0.6) is 0 Å². The van der Waals surface area contributed by atoms with Crippen LogP contribution in [0.1, 0.15) is 5.56 Å². The number of rotatable bonds is 1. The summed E-state index contributed by atoms with van der Waals surface area (Å²) < 4.78 is 36.9. The predicted octanol–water partition coefficient (Wildman–Crippen LogP) is 3.36. The normalized spacial score (nSPS) is 10.8. The summed E-state index contributed by atoms with van der Waals surface area (Å²) in [6.45, 7) is 0. The van der Waals surface area contributed by atoms with Gasteiger partial charge in [-0.05, 0) is 18.2 Å². The molecule has 0 aromatic heterocycles. The zero-order chi connectivity index (χ0) is 10.8. The van der Waals surface area contributed by atoms with Gasteiger partial charge in [0.25, 0.3) is 0 Å². The smallest absolute Gasteiger partial charge is 0.293 e. The van der Waals surface area contributed by atoms with Gasteiger partial charge >= 0.3 is 6.18 Å². The predicted molar refractivity (Wildman–Crippen MR) is 48.4 cm³/mol. The van der Waals surface area contributed by atoms with Crippen molar-refractivity contribution in [2.45, 2.75) is 6.18 Å². The average molecular weight is 265 g/mol. The third-order valence-corrected chi connectivity index (χ3v) is 2.16. The monoisotopic (exact) mass is 264 g/mol. The number of anilines is 1. The fraction of sp³-hybridized carbons (Fsp3) is 0.125. The van der Waals surface area contributed by atoms with Crippen LogP contribution in [0.3, 0.4) is 0 Å². The van der Waals surface area contributed by atoms with E-state index in [1.165, 1.54) is 12.1 Å². The Bertz CT molecular complexity index is 381. The molecular weight excluding hydrogens is 261 g/mol. The highest BCUT2D eigenvalue weighted by atomic mass is 79.9. The van der Waals surface area contributed by atoms with Crippen molar-refractivity contribution in [3.8, 4) is 6.19 Å². The molecular formula is C8H4BrF3N2. The van der Waals surface area contributed by atoms with E-state index in [4.69, 9.17) is 5.26 Å². The van der Waals surface area contributed by atoms with Crippen LogP contribution >= 0.6 is 15.9 Å². The lowest BCUT2D eigenvalue weighted by atomic mass is 10.2. The first-order valence-corrected chi connectivity index (χ1v) is 4.26. The zero-order valence-electron chi connectivity index (χ0n) is 6.69. The van der Waals surface area contributed by atoms with Crippen molar-refractivity contribution in [3.63, 3.8) is 0 Å². The number of hydrogen-bond donors (Lipinski definition) is 1. The molecule has 0 aliphatic rings. The summed E-state index contributed by atoms with van der Waals surface area (Å²) in [5.41, 5.74) is -0.694. The molecule has 0 heterocycles. The first kappa shape index (κ1) is 10.9. The molecule has 0 aliphatic heterocycles. The molecule has 1 aromatic carbocycles. The molecule has 6 heteroatoms. The standard InChI is InChI=1S/C8H4BrF3N2/c9-7-2-1-5(14-4-13)3-6(7)8(10,11)12/h1-3,14H. The molecule has 0 amide bonds. The number of benzene rings is 1. The van der Waals surface area contributed by atoms with Crippen LogP contribution in [0.2, 0.25) is 0 Å². The van der Waals surface area contributed by atoms with Crippen LogP contribution in [0.15, 0.2) is 22.7 Å². The molecule has 0 unspecified atom stereocenters. The summed E-state index contributed by atoms with van der Waals surface area (Å²) >= 11 is 2.79. The van der Waals surface area contributed by atoms with E-state index >= 15 is 0 Å². The highest BCUT2D eigenvalue weighted by Crippen LogP contribution is 2.36. The van der Waals surface area contributed by atoms with Crippen LogP contribution in [0.4, 0.5) is 18.9 Å². The maximum atomic E-state index is 12.3. The summed E-state index contributed by atoms with van der Waals surface area (Å²) in [4.78, 5) is 0. The van der Waals surface area contributed by atoms with Crippen molar-refractivity contribution < 1.29 is 13.2 Å². The Labute approximate surface area is 86.5 Å². The van der Waals surface area contributed by atoms with E-state index in [9.17, 15) is 13.2 Å². The van der Waals surface area contributed by atoms with Gasteiger partial charge in [-0.1, -0.05) is 15.9 Å². The Hall–Kier alpha value is -1.22. The Morgan fingerprint density at radius 1 is 1.36 bits per heavy atom. The average Bonchev–Trinajstić information content (AvgIpc) is 2.07. The lowest BCUT2D eigenvalue weighted by molar-refractivity contribution is -0.138. The van der Waals surface area contributed by atoms with Crippen molar-refractivity contribution in [2.24, 2.45) is 0 Å². The minimum atomic E-state index is -4.42. The van der Waals surface area contributed by atoms with Gasteiger partial charge in [-0.15, -0.1) is 0 Å². The number of nitrogens with one attached hydrogen (secondary N) is 1. The summed E-state index contributed by atoms with van der Waals surface area (Å²) in [6, 6.07) is 3.48. The van der Waals surface area contributed by atoms with Gasteiger partial charge in [0.15, 0.2) is 6.19 Å². The maximum Gasteiger partial charge on any atom is 0.417 e. The largest absolute Gasteiger partial charge is 0.417 e. The second-order valence-corrected chi connectivity index (χ2v) is 3.28. The molecule has 0 fully saturated rings. The third kappa shape index (κ3) is 2.39. The number of alkyl halides is 3. The molecule has 2 nitrogen and oxygen atoms in total. The van der Waals surface area contributed by atoms with E-state index in [1.807, 2.05) is 0 Å². The van der Waals surface area contributed by atoms with Crippen molar-refractivity contribution in [1.29, 1.82) is 5.26 Å². The Balaban J connectivity index is 3.17. The Morgan fingerprint density at radius 2 is 2.00 bits per heavy atom. The molecule has 0 radical (unpaired) electrons. The lowest BCUT2D eigenvalue weighted by Gasteiger charge is -2.09. The fourth-order valence-electron chi connectivity index (χ4n) is 0.885. The van der Waals surface area contributed by atoms with E-state index in [0.29, 0.717) is 0 Å². The summed E-state index contributed by atoms with van der Waals surface area (Å²) in [7, 11) is 0. The topological polar surface area (TPSA) is 35.8 Å². The van der Waals surface area contributed by atoms with E-state index in [1.54, 1.807) is 6.19 Å². The quantitative estimate of drug-likeness (QED) is 0.624. The summed E-state index contributed by atoms with van der Waals surface area (Å²) in [5, 5.41) is 10.4. The van der Waals surface area contributed by atoms with Crippen molar-refractivity contribution in [1.82, 2.24) is 0 Å². The molecule has 0 atom stereocenters. The minimum Gasteiger partial charge on any atom is -0.293 e. The molecule has 1 rings (SSSR count). The molecule has 14 heavy (non-hydrogen) atoms. The highest BCUT2D eigenvalue weighted by Gasteiger charge is 2.33. The number of nitriles is 1. The van der Waals surface area contributed by atoms with Crippen LogP contribution in [0.25, 0.3) is 0 Å². The van der Waals surface area contributed by atoms with Crippen molar-refractivity contribution in [3.05, 3.63) is 28.2 Å². The van der Waals surface area contributed by atoms with Gasteiger partial charge in [0.2, 0.25) is 0 Å². The van der Waals surface area contributed by atoms with Crippen LogP contribution in [-0.2, 0) is 6.18 Å². The number of nitrogens with zero attached hydrogens (tertiary/aromatic N) is 1. The third-order valence-electron chi connectivity index (χ3n) is 1.47. The fourth-order valence-corrected chi connectivity index (χ4v) is 1.36. The Kier molecular flexibility index (Phi) is 3.01. The summed E-state index contributed by atoms with van der Waals surface area (Å²) in [6.07, 6.45) is -2.88. The molecule has 0 saturated carbocycles. The first-order valence-electron chi connectivity index (χ1n) is 3.47. The maximum absolute atomic E-state index is 12.3. The van der Waals surface area contributed by atoms with Crippen molar-refractivity contribution >= 4 is 21.6 Å². The van der Waals surface area contributed by atoms with Gasteiger partial charge in [-0.2, -0.15) is 18.4 Å². The molecule has 0 aliphatic carbocycles. The number of hydrogen-bond acceptors (Lipinski definition) is 2. The van der Waals surface area contributed by atoms with Gasteiger partial charge in [0, 0.05) is 10.2 Å². The van der Waals surface area contributed by atoms with Gasteiger partial charge < -0.3 is 0 Å². The number of halogens is 4. The molecule has 0 saturated heterocycles. The van der Waals surface area contributed by atoms with Gasteiger partial charge in [0.05, 0.1) is 5.56 Å². The van der Waals surface area contributed by atoms with E-state index < -0.39 is 11.7 Å². The molecule has 74 valence electrons. The van der Waals surface area contributed by atoms with Crippen LogP contribution < -0.4 is 5.32 Å². The molecule has 0 spiro atoms. The van der Waals surface area contributed by atoms with E-state index in [-0.39, 0.29) is 10.2 Å². The van der Waals surface area contributed by atoms with E-state index in [2.05, 4.69) is 21.2 Å². The Morgan fingerprint density at radius 3 is 2.50 bits per heavy atom. The highest BCUT2D eigenvalue weighted by molar-refractivity contribution is 9.10. The van der Waals surface area contributed by atoms with Gasteiger partial charge in [0.1, 0.15) is 0 Å². The SMILES string of the molecule is N#CNc1ccc(Br)c(C(F)(F)F)c1. The van der Waals surface area contributed by atoms with Crippen molar-refractivity contribution in [2.75, 3.05) is 5.32 Å². The molecule has 0 bridgehead atoms. The van der Waals surface area contributed by atoms with Gasteiger partial charge in [-0.3, -0.25) is 5.32 Å². The first-order chi connectivity index (χ1) is 6.45. The minimum absolute atomic E-state index is 0.0477. The second kappa shape index (κ2) is 3.88. The van der Waals surface area contributed by atoms with Gasteiger partial charge in [-0.25, -0.2) is 0 Å². The zero-order valence-corrected chi connectivity index (χ0v) is 8.28. The van der Waals surface area contributed by atoms with E-state index in [0.717, 1.165) is 6.07 Å². The van der Waals surface area contributed by atoms with Crippen LogP contribution in [0, 0.1) is 11.5 Å². The second-order valence-electron chi connectivity index (χ2n) is 2.43. The lowest BCUT2D eigenvalue weighted by Crippen LogP contribution is -2.06. The molecule has 1 N–H and O–H groups in total. The van der Waals surface area contributed by atoms with Crippen LogP contribution in [-0.4, -0.2) is 0 Å².